The summed E-state index contributed by atoms with van der Waals surface area (Å²) in [5.41, 5.74) is 0. The van der Waals surface area contributed by atoms with Crippen molar-refractivity contribution in [1.82, 2.24) is 4.89 Å². The van der Waals surface area contributed by atoms with Gasteiger partial charge in [-0.15, -0.1) is 0 Å². The van der Waals surface area contributed by atoms with E-state index < -0.39 is 11.3 Å². The molecule has 1 aromatic carbocycles. The zero-order chi connectivity index (χ0) is 8.10. The van der Waals surface area contributed by atoms with Crippen LogP contribution in [0.4, 0.5) is 0 Å². The van der Waals surface area contributed by atoms with Crippen molar-refractivity contribution in [3.8, 4) is 5.75 Å². The largest absolute Gasteiger partial charge is 0.394 e. The minimum Gasteiger partial charge on any atom is -0.394 e. The van der Waals surface area contributed by atoms with Crippen molar-refractivity contribution in [1.29, 1.82) is 0 Å². The molecule has 0 amide bonds. The molecule has 60 valence electrons. The van der Waals surface area contributed by atoms with Gasteiger partial charge in [0.15, 0.2) is 0 Å². The lowest BCUT2D eigenvalue weighted by Crippen LogP contribution is -2.20. The van der Waals surface area contributed by atoms with Gasteiger partial charge in [0, 0.05) is 0 Å². The highest BCUT2D eigenvalue weighted by atomic mass is 32.2. The summed E-state index contributed by atoms with van der Waals surface area (Å²) in [7, 11) is 0. The zero-order valence-electron chi connectivity index (χ0n) is 5.56. The molecule has 1 aromatic rings. The van der Waals surface area contributed by atoms with Crippen LogP contribution in [-0.2, 0) is 11.3 Å². The molecule has 0 saturated heterocycles. The van der Waals surface area contributed by atoms with E-state index in [4.69, 9.17) is 4.55 Å². The molecule has 0 aliphatic heterocycles. The van der Waals surface area contributed by atoms with Crippen molar-refractivity contribution in [2.45, 2.75) is 0 Å². The van der Waals surface area contributed by atoms with Crippen molar-refractivity contribution < 1.29 is 13.6 Å². The van der Waals surface area contributed by atoms with Crippen molar-refractivity contribution in [2.75, 3.05) is 0 Å². The van der Waals surface area contributed by atoms with Gasteiger partial charge in [-0.25, -0.2) is 4.21 Å². The molecule has 0 aliphatic rings. The molecule has 0 radical (unpaired) electrons. The van der Waals surface area contributed by atoms with E-state index in [1.807, 2.05) is 11.0 Å². The van der Waals surface area contributed by atoms with Crippen LogP contribution in [0.15, 0.2) is 30.3 Å². The Bertz CT molecular complexity index is 239. The third kappa shape index (κ3) is 3.13. The third-order valence-electron chi connectivity index (χ3n) is 0.974. The van der Waals surface area contributed by atoms with Crippen molar-refractivity contribution >= 4 is 11.3 Å². The maximum Gasteiger partial charge on any atom is 0.266 e. The van der Waals surface area contributed by atoms with Crippen molar-refractivity contribution in [3.63, 3.8) is 0 Å². The first-order valence-electron chi connectivity index (χ1n) is 2.87. The molecule has 4 nitrogen and oxygen atoms in total. The van der Waals surface area contributed by atoms with Crippen LogP contribution in [0.25, 0.3) is 0 Å². The number of benzene rings is 1. The van der Waals surface area contributed by atoms with Gasteiger partial charge >= 0.3 is 0 Å². The third-order valence-corrected chi connectivity index (χ3v) is 1.20. The van der Waals surface area contributed by atoms with E-state index in [9.17, 15) is 4.21 Å². The Hall–Kier alpha value is -0.910. The van der Waals surface area contributed by atoms with E-state index in [0.29, 0.717) is 5.75 Å². The number of para-hydroxylation sites is 1. The second-order valence-electron chi connectivity index (χ2n) is 1.75. The molecule has 0 fully saturated rings. The van der Waals surface area contributed by atoms with Crippen LogP contribution >= 0.6 is 0 Å². The normalized spacial score (nSPS) is 12.5. The molecule has 1 rings (SSSR count). The first-order valence-corrected chi connectivity index (χ1v) is 3.98. The van der Waals surface area contributed by atoms with Gasteiger partial charge in [-0.1, -0.05) is 18.2 Å². The van der Waals surface area contributed by atoms with Crippen LogP contribution in [0.3, 0.4) is 0 Å². The highest BCUT2D eigenvalue weighted by Crippen LogP contribution is 2.05. The second kappa shape index (κ2) is 4.07. The lowest BCUT2D eigenvalue weighted by molar-refractivity contribution is 0.265. The lowest BCUT2D eigenvalue weighted by atomic mass is 10.3. The predicted molar refractivity (Wildman–Crippen MR) is 41.0 cm³/mol. The first kappa shape index (κ1) is 8.19. The summed E-state index contributed by atoms with van der Waals surface area (Å²) in [6.07, 6.45) is 0. The van der Waals surface area contributed by atoms with E-state index >= 15 is 0 Å². The molecule has 0 aliphatic carbocycles. The maximum atomic E-state index is 10.0. The molecule has 1 atom stereocenters. The second-order valence-corrected chi connectivity index (χ2v) is 2.41. The monoisotopic (exact) mass is 173 g/mol. The molecule has 1 unspecified atom stereocenters. The summed E-state index contributed by atoms with van der Waals surface area (Å²) in [6, 6.07) is 8.68. The van der Waals surface area contributed by atoms with Gasteiger partial charge in [0.25, 0.3) is 11.3 Å². The summed E-state index contributed by atoms with van der Waals surface area (Å²) in [4.78, 5) is 6.56. The Morgan fingerprint density at radius 1 is 1.36 bits per heavy atom. The van der Waals surface area contributed by atoms with Crippen molar-refractivity contribution in [2.24, 2.45) is 0 Å². The van der Waals surface area contributed by atoms with E-state index in [2.05, 4.69) is 4.84 Å². The molecular formula is C6H7NO3S. The highest BCUT2D eigenvalue weighted by molar-refractivity contribution is 7.76. The summed E-state index contributed by atoms with van der Waals surface area (Å²) in [5.74, 6) is 0.495. The van der Waals surface area contributed by atoms with Crippen LogP contribution in [0, 0.1) is 0 Å². The molecule has 0 heterocycles. The molecule has 0 saturated carbocycles. The van der Waals surface area contributed by atoms with Crippen molar-refractivity contribution in [3.05, 3.63) is 30.3 Å². The standard InChI is InChI=1S/C6H7NO3S/c8-11(9)7-10-6-4-2-1-3-5-6/h1-5,7H,(H,8,9). The molecule has 11 heavy (non-hydrogen) atoms. The van der Waals surface area contributed by atoms with Gasteiger partial charge in [-0.3, -0.25) is 4.55 Å². The minimum atomic E-state index is -2.14. The van der Waals surface area contributed by atoms with Crippen LogP contribution < -0.4 is 9.72 Å². The minimum absolute atomic E-state index is 0.495. The molecule has 0 spiro atoms. The van der Waals surface area contributed by atoms with E-state index in [1.54, 1.807) is 24.3 Å². The molecular weight excluding hydrogens is 166 g/mol. The molecule has 5 heteroatoms. The summed E-state index contributed by atoms with van der Waals surface area (Å²) in [5, 5.41) is 0. The number of nitrogens with one attached hydrogen (secondary N) is 1. The number of hydrogen-bond acceptors (Lipinski definition) is 2. The van der Waals surface area contributed by atoms with E-state index in [1.165, 1.54) is 0 Å². The Kier molecular flexibility index (Phi) is 3.03. The van der Waals surface area contributed by atoms with E-state index in [-0.39, 0.29) is 0 Å². The Labute approximate surface area is 66.6 Å². The Morgan fingerprint density at radius 2 is 2.00 bits per heavy atom. The van der Waals surface area contributed by atoms with Gasteiger partial charge in [0.1, 0.15) is 5.75 Å². The lowest BCUT2D eigenvalue weighted by Gasteiger charge is -2.00. The van der Waals surface area contributed by atoms with Crippen LogP contribution in [0.2, 0.25) is 0 Å². The first-order chi connectivity index (χ1) is 5.29. The molecule has 0 bridgehead atoms. The van der Waals surface area contributed by atoms with Gasteiger partial charge in [-0.05, 0) is 17.0 Å². The number of rotatable bonds is 3. The van der Waals surface area contributed by atoms with Crippen LogP contribution in [0.5, 0.6) is 5.75 Å². The fourth-order valence-electron chi connectivity index (χ4n) is 0.572. The smallest absolute Gasteiger partial charge is 0.266 e. The van der Waals surface area contributed by atoms with Gasteiger partial charge in [0.2, 0.25) is 0 Å². The summed E-state index contributed by atoms with van der Waals surface area (Å²) < 4.78 is 18.3. The Morgan fingerprint density at radius 3 is 2.55 bits per heavy atom. The summed E-state index contributed by atoms with van der Waals surface area (Å²) in [6.45, 7) is 0. The number of hydrogen-bond donors (Lipinski definition) is 2. The van der Waals surface area contributed by atoms with Gasteiger partial charge in [0.05, 0.1) is 0 Å². The van der Waals surface area contributed by atoms with Gasteiger partial charge in [-0.2, -0.15) is 0 Å². The average molecular weight is 173 g/mol. The van der Waals surface area contributed by atoms with E-state index in [0.717, 1.165) is 0 Å². The fourth-order valence-corrected chi connectivity index (χ4v) is 0.740. The van der Waals surface area contributed by atoms with Gasteiger partial charge < -0.3 is 4.84 Å². The van der Waals surface area contributed by atoms with Crippen LogP contribution in [-0.4, -0.2) is 8.76 Å². The summed E-state index contributed by atoms with van der Waals surface area (Å²) >= 11 is -2.14. The average Bonchev–Trinajstić information content (AvgIpc) is 2.03. The Balaban J connectivity index is 2.45. The highest BCUT2D eigenvalue weighted by Gasteiger charge is 1.92. The maximum absolute atomic E-state index is 10.0. The molecule has 2 N–H and O–H groups in total. The SMILES string of the molecule is O=S(O)NOc1ccccc1. The fraction of sp³-hybridized carbons (Fsp3) is 0. The molecule has 0 aromatic heterocycles. The topological polar surface area (TPSA) is 58.6 Å². The predicted octanol–water partition coefficient (Wildman–Crippen LogP) is 0.707. The van der Waals surface area contributed by atoms with Crippen LogP contribution in [0.1, 0.15) is 0 Å². The quantitative estimate of drug-likeness (QED) is 0.522. The zero-order valence-corrected chi connectivity index (χ0v) is 6.38.